The molecule has 0 radical (unpaired) electrons. The highest BCUT2D eigenvalue weighted by molar-refractivity contribution is 7.80. The first-order chi connectivity index (χ1) is 8.73. The Morgan fingerprint density at radius 3 is 2.00 bits per heavy atom. The van der Waals surface area contributed by atoms with Crippen LogP contribution >= 0.6 is 12.6 Å². The second-order valence-electron chi connectivity index (χ2n) is 4.34. The van der Waals surface area contributed by atoms with E-state index in [0.717, 1.165) is 10.6 Å². The third kappa shape index (κ3) is 8.23. The molecule has 0 saturated heterocycles. The molecule has 0 bridgehead atoms. The van der Waals surface area contributed by atoms with Crippen molar-refractivity contribution in [3.05, 3.63) is 24.3 Å². The summed E-state index contributed by atoms with van der Waals surface area (Å²) in [6.07, 6.45) is 0. The van der Waals surface area contributed by atoms with Crippen LogP contribution in [-0.4, -0.2) is 23.0 Å². The van der Waals surface area contributed by atoms with E-state index >= 15 is 0 Å². The molecule has 4 N–H and O–H groups in total. The predicted molar refractivity (Wildman–Crippen MR) is 78.4 cm³/mol. The van der Waals surface area contributed by atoms with E-state index in [2.05, 4.69) is 17.9 Å². The highest BCUT2D eigenvalue weighted by Gasteiger charge is 2.14. The van der Waals surface area contributed by atoms with Gasteiger partial charge >= 0.3 is 5.97 Å². The molecule has 5 nitrogen and oxygen atoms in total. The number of amides is 1. The third-order valence-electron chi connectivity index (χ3n) is 2.19. The van der Waals surface area contributed by atoms with Gasteiger partial charge in [-0.2, -0.15) is 0 Å². The summed E-state index contributed by atoms with van der Waals surface area (Å²) in [5, 5.41) is 10.9. The maximum absolute atomic E-state index is 10.6. The first-order valence-corrected chi connectivity index (χ1v) is 6.23. The van der Waals surface area contributed by atoms with Gasteiger partial charge in [0.2, 0.25) is 5.91 Å². The minimum absolute atomic E-state index is 0.0208. The summed E-state index contributed by atoms with van der Waals surface area (Å²) in [6, 6.07) is 6.56. The zero-order valence-corrected chi connectivity index (χ0v) is 12.1. The largest absolute Gasteiger partial charge is 0.480 e. The van der Waals surface area contributed by atoms with Crippen LogP contribution in [0.4, 0.5) is 5.69 Å². The number of hydrogen-bond donors (Lipinski definition) is 4. The van der Waals surface area contributed by atoms with Gasteiger partial charge in [0.25, 0.3) is 0 Å². The molecule has 106 valence electrons. The van der Waals surface area contributed by atoms with Crippen molar-refractivity contribution in [1.82, 2.24) is 0 Å². The first kappa shape index (κ1) is 17.5. The smallest absolute Gasteiger partial charge is 0.320 e. The van der Waals surface area contributed by atoms with Crippen LogP contribution in [0.5, 0.6) is 0 Å². The number of carbonyl (C=O) groups is 2. The summed E-state index contributed by atoms with van der Waals surface area (Å²) in [5.74, 6) is -0.968. The van der Waals surface area contributed by atoms with Crippen LogP contribution in [0.3, 0.4) is 0 Å². The molecular formula is C13H20N2O3S. The first-order valence-electron chi connectivity index (χ1n) is 5.79. The maximum atomic E-state index is 10.6. The minimum atomic E-state index is -0.931. The number of carboxylic acids is 1. The Labute approximate surface area is 118 Å². The molecule has 19 heavy (non-hydrogen) atoms. The van der Waals surface area contributed by atoms with Gasteiger partial charge in [-0.25, -0.2) is 0 Å². The van der Waals surface area contributed by atoms with Crippen LogP contribution in [0.15, 0.2) is 29.2 Å². The summed E-state index contributed by atoms with van der Waals surface area (Å²) >= 11 is 4.11. The van der Waals surface area contributed by atoms with Crippen LogP contribution < -0.4 is 11.1 Å². The number of anilines is 1. The van der Waals surface area contributed by atoms with Crippen molar-refractivity contribution in [2.24, 2.45) is 11.7 Å². The van der Waals surface area contributed by atoms with Gasteiger partial charge in [-0.05, 0) is 30.2 Å². The number of rotatable bonds is 3. The van der Waals surface area contributed by atoms with Gasteiger partial charge in [-0.15, -0.1) is 12.6 Å². The lowest BCUT2D eigenvalue weighted by Crippen LogP contribution is -2.34. The standard InChI is InChI=1S/C8H9NOS.C5H11NO2/c1-6(10)9-7-2-4-8(11)5-3-7;1-3(2)4(6)5(7)8/h2-5,11H,1H3,(H,9,10);3-4H,6H2,1-2H3,(H,7,8)/t;4-/m.0/s1. The zero-order chi connectivity index (χ0) is 15.0. The average molecular weight is 284 g/mol. The number of carboxylic acid groups (broad SMARTS) is 1. The molecule has 1 rings (SSSR count). The molecule has 0 spiro atoms. The van der Waals surface area contributed by atoms with E-state index in [9.17, 15) is 9.59 Å². The Bertz CT molecular complexity index is 418. The van der Waals surface area contributed by atoms with Crippen LogP contribution in [0, 0.1) is 5.92 Å². The Morgan fingerprint density at radius 2 is 1.74 bits per heavy atom. The maximum Gasteiger partial charge on any atom is 0.320 e. The van der Waals surface area contributed by atoms with Crippen molar-refractivity contribution >= 4 is 30.2 Å². The predicted octanol–water partition coefficient (Wildman–Crippen LogP) is 1.99. The lowest BCUT2D eigenvalue weighted by atomic mass is 10.1. The van der Waals surface area contributed by atoms with Crippen molar-refractivity contribution in [3.8, 4) is 0 Å². The third-order valence-corrected chi connectivity index (χ3v) is 2.49. The van der Waals surface area contributed by atoms with Gasteiger partial charge in [0, 0.05) is 17.5 Å². The summed E-state index contributed by atoms with van der Waals surface area (Å²) in [4.78, 5) is 21.5. The molecule has 0 saturated carbocycles. The van der Waals surface area contributed by atoms with Crippen LogP contribution in [-0.2, 0) is 9.59 Å². The highest BCUT2D eigenvalue weighted by Crippen LogP contribution is 2.11. The molecule has 0 fully saturated rings. The molecule has 1 aromatic carbocycles. The summed E-state index contributed by atoms with van der Waals surface area (Å²) in [5.41, 5.74) is 5.96. The van der Waals surface area contributed by atoms with Gasteiger partial charge in [0.05, 0.1) is 0 Å². The summed E-state index contributed by atoms with van der Waals surface area (Å²) in [6.45, 7) is 5.03. The average Bonchev–Trinajstić information content (AvgIpc) is 2.31. The summed E-state index contributed by atoms with van der Waals surface area (Å²) < 4.78 is 0. The zero-order valence-electron chi connectivity index (χ0n) is 11.3. The molecule has 0 aliphatic rings. The van der Waals surface area contributed by atoms with Crippen molar-refractivity contribution in [2.75, 3.05) is 5.32 Å². The molecule has 6 heteroatoms. The Morgan fingerprint density at radius 1 is 1.26 bits per heavy atom. The molecule has 0 unspecified atom stereocenters. The van der Waals surface area contributed by atoms with Gasteiger partial charge in [-0.3, -0.25) is 9.59 Å². The molecule has 0 aliphatic carbocycles. The van der Waals surface area contributed by atoms with E-state index in [4.69, 9.17) is 10.8 Å². The van der Waals surface area contributed by atoms with E-state index in [1.807, 2.05) is 24.3 Å². The van der Waals surface area contributed by atoms with E-state index in [0.29, 0.717) is 0 Å². The van der Waals surface area contributed by atoms with Crippen LogP contribution in [0.25, 0.3) is 0 Å². The van der Waals surface area contributed by atoms with Crippen molar-refractivity contribution in [3.63, 3.8) is 0 Å². The lowest BCUT2D eigenvalue weighted by Gasteiger charge is -2.07. The van der Waals surface area contributed by atoms with Crippen LogP contribution in [0.2, 0.25) is 0 Å². The quantitative estimate of drug-likeness (QED) is 0.639. The fraction of sp³-hybridized carbons (Fsp3) is 0.385. The van der Waals surface area contributed by atoms with Crippen molar-refractivity contribution in [1.29, 1.82) is 0 Å². The molecule has 0 aliphatic heterocycles. The van der Waals surface area contributed by atoms with E-state index in [-0.39, 0.29) is 11.8 Å². The summed E-state index contributed by atoms with van der Waals surface area (Å²) in [7, 11) is 0. The number of aliphatic carboxylic acids is 1. The number of benzene rings is 1. The second kappa shape index (κ2) is 8.55. The van der Waals surface area contributed by atoms with Crippen LogP contribution in [0.1, 0.15) is 20.8 Å². The second-order valence-corrected chi connectivity index (χ2v) is 4.85. The van der Waals surface area contributed by atoms with Crippen molar-refractivity contribution in [2.45, 2.75) is 31.7 Å². The molecule has 0 heterocycles. The topological polar surface area (TPSA) is 92.4 Å². The fourth-order valence-electron chi connectivity index (χ4n) is 1.03. The monoisotopic (exact) mass is 284 g/mol. The van der Waals surface area contributed by atoms with Gasteiger partial charge in [0.15, 0.2) is 0 Å². The van der Waals surface area contributed by atoms with Gasteiger partial charge in [0.1, 0.15) is 6.04 Å². The lowest BCUT2D eigenvalue weighted by molar-refractivity contribution is -0.139. The molecule has 1 amide bonds. The number of nitrogens with two attached hydrogens (primary N) is 1. The fourth-order valence-corrected chi connectivity index (χ4v) is 1.18. The van der Waals surface area contributed by atoms with Crippen molar-refractivity contribution < 1.29 is 14.7 Å². The van der Waals surface area contributed by atoms with E-state index in [1.54, 1.807) is 13.8 Å². The van der Waals surface area contributed by atoms with Gasteiger partial charge in [-0.1, -0.05) is 13.8 Å². The number of nitrogens with one attached hydrogen (secondary N) is 1. The Hall–Kier alpha value is -1.53. The van der Waals surface area contributed by atoms with E-state index < -0.39 is 12.0 Å². The number of hydrogen-bond acceptors (Lipinski definition) is 4. The Balaban J connectivity index is 0.000000362. The normalized spacial score (nSPS) is 11.3. The minimum Gasteiger partial charge on any atom is -0.480 e. The van der Waals surface area contributed by atoms with E-state index in [1.165, 1.54) is 6.92 Å². The Kier molecular flexibility index (Phi) is 7.86. The number of thiol groups is 1. The molecule has 1 aromatic rings. The molecular weight excluding hydrogens is 264 g/mol. The number of carbonyl (C=O) groups excluding carboxylic acids is 1. The SMILES string of the molecule is CC(=O)Nc1ccc(S)cc1.CC(C)[C@H](N)C(=O)O. The molecule has 0 aromatic heterocycles. The molecule has 1 atom stereocenters. The van der Waals surface area contributed by atoms with Gasteiger partial charge < -0.3 is 16.2 Å². The highest BCUT2D eigenvalue weighted by atomic mass is 32.1.